The van der Waals surface area contributed by atoms with Gasteiger partial charge in [-0.1, -0.05) is 40.2 Å². The van der Waals surface area contributed by atoms with Crippen LogP contribution in [-0.2, 0) is 19.1 Å². The average molecular weight is 483 g/mol. The van der Waals surface area contributed by atoms with Crippen molar-refractivity contribution in [2.75, 3.05) is 45.9 Å². The third-order valence-electron chi connectivity index (χ3n) is 4.97. The second-order valence-electron chi connectivity index (χ2n) is 7.13. The lowest BCUT2D eigenvalue weighted by Gasteiger charge is -2.33. The Bertz CT molecular complexity index is 726. The number of allylic oxidation sites excluding steroid dienone is 1. The number of nitrogens with zero attached hydrogens (tertiary/aromatic N) is 2. The maximum absolute atomic E-state index is 12.4. The predicted molar refractivity (Wildman–Crippen MR) is 115 cm³/mol. The molecule has 2 saturated heterocycles. The lowest BCUT2D eigenvalue weighted by atomic mass is 9.95. The molecule has 1 amide bonds. The second-order valence-corrected chi connectivity index (χ2v) is 8.04. The maximum atomic E-state index is 12.4. The number of ether oxygens (including phenoxy) is 1. The van der Waals surface area contributed by atoms with Crippen molar-refractivity contribution in [1.29, 1.82) is 0 Å². The molecule has 2 aliphatic heterocycles. The molecule has 0 atom stereocenters. The van der Waals surface area contributed by atoms with Crippen molar-refractivity contribution in [3.05, 3.63) is 40.4 Å². The number of likely N-dealkylation sites (tertiary alicyclic amines) is 1. The highest BCUT2D eigenvalue weighted by Crippen LogP contribution is 2.20. The molecule has 0 radical (unpaired) electrons. The highest BCUT2D eigenvalue weighted by molar-refractivity contribution is 9.10. The number of hydrogen-bond donors (Lipinski definition) is 2. The number of benzene rings is 1. The summed E-state index contributed by atoms with van der Waals surface area (Å²) in [5.74, 6) is -2.81. The number of carboxylic acid groups (broad SMARTS) is 2. The van der Waals surface area contributed by atoms with Gasteiger partial charge in [0.05, 0.1) is 19.8 Å². The summed E-state index contributed by atoms with van der Waals surface area (Å²) in [5.41, 5.74) is 1.23. The molecule has 8 nitrogen and oxygen atoms in total. The zero-order valence-corrected chi connectivity index (χ0v) is 18.3. The number of carboxylic acids is 2. The summed E-state index contributed by atoms with van der Waals surface area (Å²) in [7, 11) is 0. The number of carbonyl (C=O) groups is 3. The highest BCUT2D eigenvalue weighted by Gasteiger charge is 2.23. The van der Waals surface area contributed by atoms with Gasteiger partial charge in [-0.3, -0.25) is 9.69 Å². The normalized spacial score (nSPS) is 18.0. The Morgan fingerprint density at radius 1 is 1.00 bits per heavy atom. The van der Waals surface area contributed by atoms with Crippen LogP contribution in [0.1, 0.15) is 18.4 Å². The van der Waals surface area contributed by atoms with Crippen molar-refractivity contribution >= 4 is 39.9 Å². The molecule has 2 heterocycles. The van der Waals surface area contributed by atoms with E-state index in [0.717, 1.165) is 56.7 Å². The number of amides is 1. The third-order valence-corrected chi connectivity index (χ3v) is 5.50. The Hall–Kier alpha value is -2.23. The summed E-state index contributed by atoms with van der Waals surface area (Å²) in [6.45, 7) is 5.53. The van der Waals surface area contributed by atoms with E-state index in [-0.39, 0.29) is 5.91 Å². The summed E-state index contributed by atoms with van der Waals surface area (Å²) in [6.07, 6.45) is 6.61. The van der Waals surface area contributed by atoms with E-state index in [1.807, 2.05) is 4.90 Å². The van der Waals surface area contributed by atoms with E-state index in [1.54, 1.807) is 0 Å². The van der Waals surface area contributed by atoms with Crippen LogP contribution in [0.2, 0.25) is 0 Å². The molecule has 0 saturated carbocycles. The molecule has 164 valence electrons. The number of halogens is 1. The number of hydrogen-bond acceptors (Lipinski definition) is 5. The molecule has 0 bridgehead atoms. The summed E-state index contributed by atoms with van der Waals surface area (Å²) < 4.78 is 6.44. The van der Waals surface area contributed by atoms with Gasteiger partial charge in [0.15, 0.2) is 0 Å². The molecule has 30 heavy (non-hydrogen) atoms. The fourth-order valence-electron chi connectivity index (χ4n) is 3.21. The fraction of sp³-hybridized carbons (Fsp3) is 0.476. The van der Waals surface area contributed by atoms with Crippen LogP contribution in [0.25, 0.3) is 6.08 Å². The minimum Gasteiger partial charge on any atom is -0.473 e. The Morgan fingerprint density at radius 3 is 2.10 bits per heavy atom. The largest absolute Gasteiger partial charge is 0.473 e. The zero-order valence-electron chi connectivity index (χ0n) is 16.7. The first-order valence-corrected chi connectivity index (χ1v) is 10.6. The van der Waals surface area contributed by atoms with E-state index in [1.165, 1.54) is 5.56 Å². The summed E-state index contributed by atoms with van der Waals surface area (Å²) >= 11 is 3.46. The monoisotopic (exact) mass is 482 g/mol. The Morgan fingerprint density at radius 2 is 1.57 bits per heavy atom. The molecular formula is C21H27BrN2O6. The fourth-order valence-corrected chi connectivity index (χ4v) is 3.48. The molecule has 0 aliphatic carbocycles. The van der Waals surface area contributed by atoms with Gasteiger partial charge in [0.2, 0.25) is 5.91 Å². The zero-order chi connectivity index (χ0) is 21.9. The maximum Gasteiger partial charge on any atom is 0.414 e. The van der Waals surface area contributed by atoms with Crippen LogP contribution in [0.5, 0.6) is 0 Å². The van der Waals surface area contributed by atoms with Gasteiger partial charge in [0.25, 0.3) is 0 Å². The molecule has 1 aromatic rings. The first-order valence-electron chi connectivity index (χ1n) is 9.83. The minimum absolute atomic E-state index is 0.271. The van der Waals surface area contributed by atoms with Crippen LogP contribution >= 0.6 is 15.9 Å². The van der Waals surface area contributed by atoms with E-state index in [4.69, 9.17) is 24.5 Å². The van der Waals surface area contributed by atoms with E-state index >= 15 is 0 Å². The molecule has 3 rings (SSSR count). The average Bonchev–Trinajstić information content (AvgIpc) is 2.75. The smallest absolute Gasteiger partial charge is 0.414 e. The lowest BCUT2D eigenvalue weighted by molar-refractivity contribution is -0.159. The van der Waals surface area contributed by atoms with Crippen LogP contribution in [0.3, 0.4) is 0 Å². The minimum atomic E-state index is -1.82. The van der Waals surface area contributed by atoms with Gasteiger partial charge in [-0.15, -0.1) is 0 Å². The van der Waals surface area contributed by atoms with Gasteiger partial charge in [-0.05, 0) is 36.5 Å². The van der Waals surface area contributed by atoms with Crippen molar-refractivity contribution in [1.82, 2.24) is 9.80 Å². The van der Waals surface area contributed by atoms with Crippen LogP contribution in [0, 0.1) is 5.92 Å². The predicted octanol–water partition coefficient (Wildman–Crippen LogP) is 2.19. The van der Waals surface area contributed by atoms with Crippen molar-refractivity contribution in [2.45, 2.75) is 12.8 Å². The molecule has 1 aromatic carbocycles. The van der Waals surface area contributed by atoms with Crippen molar-refractivity contribution < 1.29 is 29.3 Å². The molecule has 0 spiro atoms. The lowest BCUT2D eigenvalue weighted by Crippen LogP contribution is -2.46. The summed E-state index contributed by atoms with van der Waals surface area (Å²) in [4.78, 5) is 34.8. The Balaban J connectivity index is 0.000000469. The number of morpholine rings is 1. The standard InChI is InChI=1S/C19H25BrN2O2.C2H2O4/c20-18-5-3-16(4-6-18)1-2-17-7-9-22(10-8-17)19(23)15-21-11-13-24-14-12-21;3-1(4)2(5)6/h1-6,17H,7-15H2;(H,3,4)(H,5,6)/b2-1+;. The topological polar surface area (TPSA) is 107 Å². The molecule has 0 aromatic heterocycles. The molecule has 9 heteroatoms. The van der Waals surface area contributed by atoms with Gasteiger partial charge in [-0.25, -0.2) is 9.59 Å². The van der Waals surface area contributed by atoms with Crippen LogP contribution in [0.15, 0.2) is 34.8 Å². The van der Waals surface area contributed by atoms with E-state index in [0.29, 0.717) is 12.5 Å². The van der Waals surface area contributed by atoms with Gasteiger partial charge in [0, 0.05) is 30.7 Å². The van der Waals surface area contributed by atoms with Crippen molar-refractivity contribution in [3.8, 4) is 0 Å². The van der Waals surface area contributed by atoms with Crippen LogP contribution < -0.4 is 0 Å². The van der Waals surface area contributed by atoms with Crippen molar-refractivity contribution in [3.63, 3.8) is 0 Å². The quantitative estimate of drug-likeness (QED) is 0.633. The van der Waals surface area contributed by atoms with E-state index in [2.05, 4.69) is 57.2 Å². The highest BCUT2D eigenvalue weighted by atomic mass is 79.9. The van der Waals surface area contributed by atoms with E-state index in [9.17, 15) is 4.79 Å². The first-order chi connectivity index (χ1) is 14.3. The molecule has 2 aliphatic rings. The number of carbonyl (C=O) groups excluding carboxylic acids is 1. The van der Waals surface area contributed by atoms with Gasteiger partial charge < -0.3 is 19.8 Å². The number of piperidine rings is 1. The number of rotatable bonds is 4. The first kappa shape index (κ1) is 24.0. The Kier molecular flexibility index (Phi) is 9.99. The Labute approximate surface area is 184 Å². The third kappa shape index (κ3) is 8.64. The number of aliphatic carboxylic acids is 2. The van der Waals surface area contributed by atoms with Gasteiger partial charge in [-0.2, -0.15) is 0 Å². The summed E-state index contributed by atoms with van der Waals surface area (Å²) in [5, 5.41) is 14.8. The SMILES string of the molecule is O=C(CN1CCOCC1)N1CCC(/C=C/c2ccc(Br)cc2)CC1.O=C(O)C(=O)O. The van der Waals surface area contributed by atoms with Gasteiger partial charge >= 0.3 is 11.9 Å². The van der Waals surface area contributed by atoms with Gasteiger partial charge in [0.1, 0.15) is 0 Å². The van der Waals surface area contributed by atoms with Crippen molar-refractivity contribution in [2.24, 2.45) is 5.92 Å². The molecular weight excluding hydrogens is 456 g/mol. The molecule has 2 N–H and O–H groups in total. The molecule has 2 fully saturated rings. The van der Waals surface area contributed by atoms with Crippen LogP contribution in [-0.4, -0.2) is 83.8 Å². The second kappa shape index (κ2) is 12.5. The molecule has 0 unspecified atom stereocenters. The van der Waals surface area contributed by atoms with E-state index < -0.39 is 11.9 Å². The van der Waals surface area contributed by atoms with Crippen LogP contribution in [0.4, 0.5) is 0 Å². The summed E-state index contributed by atoms with van der Waals surface area (Å²) in [6, 6.07) is 8.35.